The summed E-state index contributed by atoms with van der Waals surface area (Å²) in [4.78, 5) is 10.7. The molecule has 1 saturated carbocycles. The number of sulfone groups is 1. The number of carboxylic acids is 1. The fraction of sp³-hybridized carbons (Fsp3) is 0.429. The topological polar surface area (TPSA) is 95.2 Å². The normalized spacial score (nSPS) is 16.2. The zero-order chi connectivity index (χ0) is 15.7. The highest BCUT2D eigenvalue weighted by atomic mass is 32.2. The first kappa shape index (κ1) is 15.4. The van der Waals surface area contributed by atoms with Crippen LogP contribution >= 0.6 is 0 Å². The Morgan fingerprint density at radius 3 is 2.62 bits per heavy atom. The number of carboxylic acid groups (broad SMARTS) is 1. The molecule has 7 heteroatoms. The van der Waals surface area contributed by atoms with Crippen molar-refractivity contribution in [3.63, 3.8) is 0 Å². The summed E-state index contributed by atoms with van der Waals surface area (Å²) in [6, 6.07) is 5.69. The first-order valence-electron chi connectivity index (χ1n) is 6.37. The highest BCUT2D eigenvalue weighted by molar-refractivity contribution is 7.90. The van der Waals surface area contributed by atoms with E-state index in [9.17, 15) is 17.6 Å². The van der Waals surface area contributed by atoms with Crippen molar-refractivity contribution in [3.05, 3.63) is 35.1 Å². The van der Waals surface area contributed by atoms with Crippen LogP contribution in [0.3, 0.4) is 0 Å². The summed E-state index contributed by atoms with van der Waals surface area (Å²) in [6.45, 7) is 0. The van der Waals surface area contributed by atoms with Crippen LogP contribution < -0.4 is 0 Å². The Morgan fingerprint density at radius 2 is 2.10 bits per heavy atom. The van der Waals surface area contributed by atoms with Gasteiger partial charge in [0.05, 0.1) is 23.5 Å². The lowest BCUT2D eigenvalue weighted by Gasteiger charge is -2.13. The van der Waals surface area contributed by atoms with E-state index >= 15 is 0 Å². The zero-order valence-corrected chi connectivity index (χ0v) is 12.0. The number of nitriles is 1. The van der Waals surface area contributed by atoms with E-state index in [1.54, 1.807) is 6.07 Å². The zero-order valence-electron chi connectivity index (χ0n) is 11.2. The van der Waals surface area contributed by atoms with Crippen molar-refractivity contribution in [1.82, 2.24) is 0 Å². The first-order valence-corrected chi connectivity index (χ1v) is 8.19. The van der Waals surface area contributed by atoms with Crippen LogP contribution in [0.5, 0.6) is 0 Å². The Bertz CT molecular complexity index is 717. The molecule has 1 aliphatic rings. The van der Waals surface area contributed by atoms with Gasteiger partial charge in [0.2, 0.25) is 0 Å². The van der Waals surface area contributed by atoms with Gasteiger partial charge in [-0.15, -0.1) is 0 Å². The summed E-state index contributed by atoms with van der Waals surface area (Å²) < 4.78 is 38.2. The van der Waals surface area contributed by atoms with Crippen LogP contribution in [0.2, 0.25) is 0 Å². The molecule has 0 heterocycles. The number of halogens is 1. The molecular weight excluding hydrogens is 297 g/mol. The lowest BCUT2D eigenvalue weighted by Crippen LogP contribution is -2.22. The molecule has 2 rings (SSSR count). The Kier molecular flexibility index (Phi) is 4.01. The number of carbonyl (C=O) groups is 1. The smallest absolute Gasteiger partial charge is 0.303 e. The van der Waals surface area contributed by atoms with E-state index in [1.807, 2.05) is 0 Å². The number of hydrogen-bond donors (Lipinski definition) is 1. The predicted octanol–water partition coefficient (Wildman–Crippen LogP) is 1.87. The second-order valence-corrected chi connectivity index (χ2v) is 7.56. The molecule has 1 fully saturated rings. The van der Waals surface area contributed by atoms with Crippen molar-refractivity contribution in [2.45, 2.75) is 25.0 Å². The molecule has 0 aromatic heterocycles. The molecule has 0 aliphatic heterocycles. The summed E-state index contributed by atoms with van der Waals surface area (Å²) in [6.07, 6.45) is 0.922. The maximum Gasteiger partial charge on any atom is 0.303 e. The number of benzene rings is 1. The van der Waals surface area contributed by atoms with Gasteiger partial charge < -0.3 is 5.11 Å². The van der Waals surface area contributed by atoms with Gasteiger partial charge in [0, 0.05) is 5.56 Å². The predicted molar refractivity (Wildman–Crippen MR) is 72.5 cm³/mol. The Hall–Kier alpha value is -1.94. The Morgan fingerprint density at radius 1 is 1.43 bits per heavy atom. The van der Waals surface area contributed by atoms with E-state index in [2.05, 4.69) is 0 Å². The third-order valence-corrected chi connectivity index (χ3v) is 5.39. The molecule has 1 aromatic carbocycles. The average molecular weight is 311 g/mol. The highest BCUT2D eigenvalue weighted by Gasteiger charge is 2.47. The van der Waals surface area contributed by atoms with Gasteiger partial charge in [-0.25, -0.2) is 12.8 Å². The standard InChI is InChI=1S/C14H14FNO4S/c15-13-10(7-16)2-1-3-11(13)8-21(19,20)9-14(4-5-14)6-12(17)18/h1-3H,4-6,8-9H2,(H,17,18). The molecule has 0 unspecified atom stereocenters. The van der Waals surface area contributed by atoms with E-state index in [0.29, 0.717) is 12.8 Å². The van der Waals surface area contributed by atoms with Crippen molar-refractivity contribution < 1.29 is 22.7 Å². The molecular formula is C14H14FNO4S. The fourth-order valence-electron chi connectivity index (χ4n) is 2.40. The molecule has 0 atom stereocenters. The van der Waals surface area contributed by atoms with E-state index < -0.39 is 32.8 Å². The Balaban J connectivity index is 2.16. The number of rotatable bonds is 6. The summed E-state index contributed by atoms with van der Waals surface area (Å²) in [5.41, 5.74) is -0.955. The lowest BCUT2D eigenvalue weighted by molar-refractivity contribution is -0.138. The molecule has 0 saturated heterocycles. The molecule has 0 radical (unpaired) electrons. The highest BCUT2D eigenvalue weighted by Crippen LogP contribution is 2.50. The summed E-state index contributed by atoms with van der Waals surface area (Å²) in [5.74, 6) is -2.63. The Labute approximate surface area is 121 Å². The average Bonchev–Trinajstić information content (AvgIpc) is 3.09. The van der Waals surface area contributed by atoms with Gasteiger partial charge >= 0.3 is 5.97 Å². The monoisotopic (exact) mass is 311 g/mol. The fourth-order valence-corrected chi connectivity index (χ4v) is 4.52. The van der Waals surface area contributed by atoms with Crippen LogP contribution in [-0.2, 0) is 20.4 Å². The van der Waals surface area contributed by atoms with Crippen LogP contribution in [0.15, 0.2) is 18.2 Å². The van der Waals surface area contributed by atoms with Gasteiger partial charge in [-0.3, -0.25) is 4.79 Å². The molecule has 0 spiro atoms. The maximum absolute atomic E-state index is 13.9. The van der Waals surface area contributed by atoms with Gasteiger partial charge in [0.15, 0.2) is 9.84 Å². The van der Waals surface area contributed by atoms with Crippen LogP contribution in [0.4, 0.5) is 4.39 Å². The van der Waals surface area contributed by atoms with E-state index in [0.717, 1.165) is 0 Å². The minimum atomic E-state index is -3.64. The number of nitrogens with zero attached hydrogens (tertiary/aromatic N) is 1. The number of aliphatic carboxylic acids is 1. The molecule has 1 aliphatic carbocycles. The van der Waals surface area contributed by atoms with Crippen molar-refractivity contribution in [2.24, 2.45) is 5.41 Å². The molecule has 5 nitrogen and oxygen atoms in total. The maximum atomic E-state index is 13.9. The summed E-state index contributed by atoms with van der Waals surface area (Å²) in [5, 5.41) is 17.5. The van der Waals surface area contributed by atoms with Crippen molar-refractivity contribution >= 4 is 15.8 Å². The van der Waals surface area contributed by atoms with Crippen LogP contribution in [0, 0.1) is 22.6 Å². The molecule has 21 heavy (non-hydrogen) atoms. The first-order chi connectivity index (χ1) is 9.77. The van der Waals surface area contributed by atoms with Crippen LogP contribution in [0.25, 0.3) is 0 Å². The minimum absolute atomic E-state index is 0.0554. The largest absolute Gasteiger partial charge is 0.481 e. The van der Waals surface area contributed by atoms with E-state index in [-0.39, 0.29) is 23.3 Å². The van der Waals surface area contributed by atoms with Crippen LogP contribution in [0.1, 0.15) is 30.4 Å². The van der Waals surface area contributed by atoms with Crippen molar-refractivity contribution in [1.29, 1.82) is 5.26 Å². The SMILES string of the molecule is N#Cc1cccc(CS(=O)(=O)CC2(CC(=O)O)CC2)c1F. The molecule has 0 amide bonds. The summed E-state index contributed by atoms with van der Waals surface area (Å²) >= 11 is 0. The molecule has 0 bridgehead atoms. The van der Waals surface area contributed by atoms with Crippen molar-refractivity contribution in [3.8, 4) is 6.07 Å². The van der Waals surface area contributed by atoms with Gasteiger partial charge in [-0.1, -0.05) is 12.1 Å². The van der Waals surface area contributed by atoms with Gasteiger partial charge in [-0.05, 0) is 24.3 Å². The molecule has 1 aromatic rings. The van der Waals surface area contributed by atoms with Crippen molar-refractivity contribution in [2.75, 3.05) is 5.75 Å². The lowest BCUT2D eigenvalue weighted by atomic mass is 10.1. The van der Waals surface area contributed by atoms with Gasteiger partial charge in [0.1, 0.15) is 11.9 Å². The second kappa shape index (κ2) is 5.45. The molecule has 1 N–H and O–H groups in total. The third-order valence-electron chi connectivity index (χ3n) is 3.58. The third kappa shape index (κ3) is 3.79. The van der Waals surface area contributed by atoms with Gasteiger partial charge in [-0.2, -0.15) is 5.26 Å². The molecule has 112 valence electrons. The van der Waals surface area contributed by atoms with Crippen LogP contribution in [-0.4, -0.2) is 25.2 Å². The second-order valence-electron chi connectivity index (χ2n) is 5.49. The van der Waals surface area contributed by atoms with Gasteiger partial charge in [0.25, 0.3) is 0 Å². The minimum Gasteiger partial charge on any atom is -0.481 e. The number of hydrogen-bond acceptors (Lipinski definition) is 4. The van der Waals surface area contributed by atoms with E-state index in [4.69, 9.17) is 10.4 Å². The van der Waals surface area contributed by atoms with E-state index in [1.165, 1.54) is 18.2 Å². The summed E-state index contributed by atoms with van der Waals surface area (Å²) in [7, 11) is -3.64. The quantitative estimate of drug-likeness (QED) is 0.865.